The van der Waals surface area contributed by atoms with Crippen LogP contribution in [0.25, 0.3) is 16.6 Å². The summed E-state index contributed by atoms with van der Waals surface area (Å²) in [6.45, 7) is 19.6. The van der Waals surface area contributed by atoms with Gasteiger partial charge < -0.3 is 20.1 Å². The molecule has 288 valence electrons. The molecule has 1 saturated heterocycles. The van der Waals surface area contributed by atoms with Crippen molar-refractivity contribution in [1.29, 1.82) is 0 Å². The van der Waals surface area contributed by atoms with Crippen molar-refractivity contribution in [3.05, 3.63) is 64.6 Å². The van der Waals surface area contributed by atoms with Crippen LogP contribution in [0.15, 0.2) is 47.0 Å². The van der Waals surface area contributed by atoms with Crippen molar-refractivity contribution in [2.45, 2.75) is 123 Å². The third-order valence-electron chi connectivity index (χ3n) is 12.1. The topological polar surface area (TPSA) is 108 Å². The number of fused-ring (bicyclic) bond motifs is 1. The molecule has 4 heterocycles. The highest BCUT2D eigenvalue weighted by atomic mass is 19.3. The van der Waals surface area contributed by atoms with E-state index in [2.05, 4.69) is 39.2 Å². The number of allylic oxidation sites excluding steroid dienone is 2. The van der Waals surface area contributed by atoms with Crippen molar-refractivity contribution in [2.24, 2.45) is 10.4 Å². The lowest BCUT2D eigenvalue weighted by atomic mass is 9.71. The van der Waals surface area contributed by atoms with Crippen molar-refractivity contribution in [3.8, 4) is 0 Å². The van der Waals surface area contributed by atoms with E-state index in [1.807, 2.05) is 56.2 Å². The molecule has 0 atom stereocenters. The highest BCUT2D eigenvalue weighted by Crippen LogP contribution is 2.50. The Hall–Kier alpha value is -4.52. The maximum Gasteiger partial charge on any atom is 0.261 e. The molecule has 13 heteroatoms. The molecular weight excluding hydrogens is 693 g/mol. The van der Waals surface area contributed by atoms with E-state index < -0.39 is 29.1 Å². The van der Waals surface area contributed by atoms with Crippen LogP contribution in [0.2, 0.25) is 0 Å². The molecule has 2 aliphatic heterocycles. The summed E-state index contributed by atoms with van der Waals surface area (Å²) in [5.74, 6) is -1.03. The molecule has 2 N–H and O–H groups in total. The Kier molecular flexibility index (Phi) is 9.55. The van der Waals surface area contributed by atoms with E-state index in [-0.39, 0.29) is 47.6 Å². The lowest BCUT2D eigenvalue weighted by Crippen LogP contribution is -2.63. The number of carbonyl (C=O) groups excluding carboxylic acids is 2. The molecular formula is C41H51F3N8O2. The quantitative estimate of drug-likeness (QED) is 0.191. The third-order valence-corrected chi connectivity index (χ3v) is 12.1. The van der Waals surface area contributed by atoms with Crippen molar-refractivity contribution in [2.75, 3.05) is 18.4 Å². The first-order valence-electron chi connectivity index (χ1n) is 19.0. The molecule has 2 amide bonds. The summed E-state index contributed by atoms with van der Waals surface area (Å²) >= 11 is 0. The number of alkyl halides is 2. The lowest BCUT2D eigenvalue weighted by molar-refractivity contribution is -0.141. The van der Waals surface area contributed by atoms with Crippen molar-refractivity contribution < 1.29 is 22.8 Å². The predicted molar refractivity (Wildman–Crippen MR) is 205 cm³/mol. The normalized spacial score (nSPS) is 24.1. The maximum absolute atomic E-state index is 15.7. The Morgan fingerprint density at radius 1 is 1.09 bits per heavy atom. The number of imidazole rings is 1. The minimum atomic E-state index is -2.70. The van der Waals surface area contributed by atoms with Crippen LogP contribution in [0.1, 0.15) is 114 Å². The molecule has 0 unspecified atom stereocenters. The van der Waals surface area contributed by atoms with Crippen molar-refractivity contribution in [3.63, 3.8) is 0 Å². The van der Waals surface area contributed by atoms with Crippen LogP contribution in [0.3, 0.4) is 0 Å². The summed E-state index contributed by atoms with van der Waals surface area (Å²) < 4.78 is 44.9. The van der Waals surface area contributed by atoms with E-state index in [0.29, 0.717) is 39.5 Å². The summed E-state index contributed by atoms with van der Waals surface area (Å²) in [6.07, 6.45) is 6.71. The third kappa shape index (κ3) is 6.41. The first-order valence-corrected chi connectivity index (χ1v) is 19.0. The Morgan fingerprint density at radius 2 is 1.78 bits per heavy atom. The van der Waals surface area contributed by atoms with Gasteiger partial charge >= 0.3 is 0 Å². The van der Waals surface area contributed by atoms with Gasteiger partial charge in [0.25, 0.3) is 12.3 Å². The second-order valence-corrected chi connectivity index (χ2v) is 16.8. The molecule has 0 radical (unpaired) electrons. The number of benzene rings is 1. The summed E-state index contributed by atoms with van der Waals surface area (Å²) in [6, 6.07) is 4.42. The number of carbonyl (C=O) groups is 2. The average Bonchev–Trinajstić information content (AvgIpc) is 3.71. The molecule has 0 bridgehead atoms. The summed E-state index contributed by atoms with van der Waals surface area (Å²) in [4.78, 5) is 45.9. The van der Waals surface area contributed by atoms with Gasteiger partial charge in [0.1, 0.15) is 16.9 Å². The highest BCUT2D eigenvalue weighted by Gasteiger charge is 2.55. The number of piperidine rings is 1. The molecule has 3 aromatic rings. The van der Waals surface area contributed by atoms with Crippen LogP contribution >= 0.6 is 0 Å². The zero-order chi connectivity index (χ0) is 38.9. The number of aryl methyl sites for hydroxylation is 1. The van der Waals surface area contributed by atoms with Gasteiger partial charge in [-0.25, -0.2) is 23.1 Å². The molecule has 0 spiro atoms. The minimum Gasteiger partial charge on any atom is -0.341 e. The number of pyridine rings is 1. The van der Waals surface area contributed by atoms with Gasteiger partial charge in [-0.05, 0) is 142 Å². The Labute approximate surface area is 315 Å². The van der Waals surface area contributed by atoms with Crippen LogP contribution < -0.4 is 10.6 Å². The van der Waals surface area contributed by atoms with Crippen molar-refractivity contribution in [1.82, 2.24) is 29.7 Å². The first kappa shape index (κ1) is 37.8. The highest BCUT2D eigenvalue weighted by molar-refractivity contribution is 5.98. The predicted octanol–water partition coefficient (Wildman–Crippen LogP) is 8.32. The van der Waals surface area contributed by atoms with Crippen LogP contribution in [0, 0.1) is 18.2 Å². The maximum atomic E-state index is 15.7. The Balaban J connectivity index is 1.25. The molecule has 2 aromatic heterocycles. The number of nitrogens with zero attached hydrogens (tertiary/aromatic N) is 6. The monoisotopic (exact) mass is 744 g/mol. The average molecular weight is 745 g/mol. The van der Waals surface area contributed by atoms with E-state index in [9.17, 15) is 18.4 Å². The second-order valence-electron chi connectivity index (χ2n) is 16.8. The van der Waals surface area contributed by atoms with Crippen LogP contribution in [0.4, 0.5) is 24.7 Å². The molecule has 3 fully saturated rings. The van der Waals surface area contributed by atoms with Gasteiger partial charge in [-0.2, -0.15) is 0 Å². The SMILES string of the molecule is C=NC1=C(/C=C(\C)c2cc3ncn(C(C)C)c3c(Nc3cc(C(=O)NC4(C(F)F)CC4)c(C)cc3F)n2)N(C2CC(C)(N3CCCCC3)C2)C(=O)C1(C)C. The standard InChI is InChI=1S/C41H51F3N8O2/c1-23(2)51-22-46-31-19-29(47-35(33(31)51)48-30-18-27(24(3)16-28(30)42)36(53)49-41(12-13-41)37(43)44)25(4)17-32-34(45-8)39(5,6)38(54)52(32)26-20-40(7,21-26)50-14-10-9-11-15-50/h16-19,22-23,26,37H,8-15,20-21H2,1-7H3,(H,47,48)(H,49,53)/b25-17+. The number of aliphatic imine (C=N–C) groups is 1. The fourth-order valence-corrected chi connectivity index (χ4v) is 8.54. The van der Waals surface area contributed by atoms with Gasteiger partial charge in [0, 0.05) is 23.2 Å². The number of nitrogens with one attached hydrogen (secondary N) is 2. The van der Waals surface area contributed by atoms with Crippen LogP contribution in [-0.4, -0.2) is 79.5 Å². The fourth-order valence-electron chi connectivity index (χ4n) is 8.54. The van der Waals surface area contributed by atoms with Crippen LogP contribution in [-0.2, 0) is 4.79 Å². The number of likely N-dealkylation sites (tertiary alicyclic amines) is 1. The molecule has 7 rings (SSSR count). The summed E-state index contributed by atoms with van der Waals surface area (Å²) in [7, 11) is 0. The molecule has 54 heavy (non-hydrogen) atoms. The first-order chi connectivity index (χ1) is 25.5. The number of halogens is 3. The molecule has 2 saturated carbocycles. The van der Waals surface area contributed by atoms with Gasteiger partial charge in [0.2, 0.25) is 5.91 Å². The smallest absolute Gasteiger partial charge is 0.261 e. The van der Waals surface area contributed by atoms with E-state index >= 15 is 4.39 Å². The van der Waals surface area contributed by atoms with Gasteiger partial charge in [-0.1, -0.05) is 6.42 Å². The Morgan fingerprint density at radius 3 is 2.39 bits per heavy atom. The number of rotatable bonds is 11. The number of hydrogen-bond acceptors (Lipinski definition) is 7. The molecule has 4 aliphatic rings. The number of anilines is 2. The zero-order valence-corrected chi connectivity index (χ0v) is 32.3. The molecule has 2 aliphatic carbocycles. The zero-order valence-electron chi connectivity index (χ0n) is 32.3. The molecule has 1 aromatic carbocycles. The van der Waals surface area contributed by atoms with Crippen molar-refractivity contribution >= 4 is 46.6 Å². The van der Waals surface area contributed by atoms with Gasteiger partial charge in [0.05, 0.1) is 40.0 Å². The van der Waals surface area contributed by atoms with E-state index in [0.717, 1.165) is 31.5 Å². The van der Waals surface area contributed by atoms with Gasteiger partial charge in [0.15, 0.2) is 5.82 Å². The van der Waals surface area contributed by atoms with Gasteiger partial charge in [-0.3, -0.25) is 19.5 Å². The minimum absolute atomic E-state index is 0.00747. The van der Waals surface area contributed by atoms with E-state index in [4.69, 9.17) is 4.98 Å². The number of hydrogen-bond donors (Lipinski definition) is 2. The number of aromatic nitrogens is 3. The lowest BCUT2D eigenvalue weighted by Gasteiger charge is -2.56. The molecule has 10 nitrogen and oxygen atoms in total. The summed E-state index contributed by atoms with van der Waals surface area (Å²) in [5.41, 5.74) is 1.81. The largest absolute Gasteiger partial charge is 0.341 e. The Bertz CT molecular complexity index is 2080. The number of amides is 2. The van der Waals surface area contributed by atoms with Gasteiger partial charge in [-0.15, -0.1) is 0 Å². The van der Waals surface area contributed by atoms with E-state index in [1.54, 1.807) is 13.3 Å². The van der Waals surface area contributed by atoms with Crippen LogP contribution in [0.5, 0.6) is 0 Å². The van der Waals surface area contributed by atoms with E-state index in [1.165, 1.54) is 31.4 Å². The second kappa shape index (κ2) is 13.6. The fraction of sp³-hybridized carbons (Fsp3) is 0.537. The summed E-state index contributed by atoms with van der Waals surface area (Å²) in [5, 5.41) is 5.60.